The van der Waals surface area contributed by atoms with E-state index in [1.54, 1.807) is 4.68 Å². The van der Waals surface area contributed by atoms with Gasteiger partial charge in [0.25, 0.3) is 5.91 Å². The number of aromatic nitrogens is 3. The van der Waals surface area contributed by atoms with E-state index in [2.05, 4.69) is 27.0 Å². The number of nitrogens with one attached hydrogen (secondary N) is 2. The lowest BCUT2D eigenvalue weighted by Gasteiger charge is -2.10. The molecule has 128 valence electrons. The molecule has 2 N–H and O–H groups in total. The highest BCUT2D eigenvalue weighted by atomic mass is 16.1. The summed E-state index contributed by atoms with van der Waals surface area (Å²) in [7, 11) is 1.84. The van der Waals surface area contributed by atoms with Crippen LogP contribution in [0.1, 0.15) is 22.3 Å². The smallest absolute Gasteiger partial charge is 0.255 e. The van der Waals surface area contributed by atoms with Gasteiger partial charge in [0.2, 0.25) is 0 Å². The number of aryl methyl sites for hydroxylation is 1. The van der Waals surface area contributed by atoms with Gasteiger partial charge in [0.15, 0.2) is 0 Å². The van der Waals surface area contributed by atoms with Crippen LogP contribution in [0, 0.1) is 5.92 Å². The summed E-state index contributed by atoms with van der Waals surface area (Å²) in [6.07, 6.45) is 2.21. The van der Waals surface area contributed by atoms with E-state index in [-0.39, 0.29) is 5.91 Å². The zero-order chi connectivity index (χ0) is 17.2. The van der Waals surface area contributed by atoms with Crippen LogP contribution in [0.3, 0.4) is 0 Å². The van der Waals surface area contributed by atoms with Crippen LogP contribution in [0.15, 0.2) is 42.5 Å². The van der Waals surface area contributed by atoms with Crippen molar-refractivity contribution in [2.24, 2.45) is 13.0 Å². The van der Waals surface area contributed by atoms with E-state index in [0.29, 0.717) is 22.7 Å². The molecule has 0 saturated carbocycles. The first-order valence-electron chi connectivity index (χ1n) is 8.60. The molecular formula is C19H21N5O. The molecule has 2 heterocycles. The summed E-state index contributed by atoms with van der Waals surface area (Å²) in [4.78, 5) is 12.7. The molecule has 1 unspecified atom stereocenters. The quantitative estimate of drug-likeness (QED) is 0.768. The van der Waals surface area contributed by atoms with Crippen LogP contribution >= 0.6 is 0 Å². The van der Waals surface area contributed by atoms with E-state index in [0.717, 1.165) is 25.0 Å². The van der Waals surface area contributed by atoms with Crippen LogP contribution in [-0.2, 0) is 13.5 Å². The molecule has 4 rings (SSSR count). The highest BCUT2D eigenvalue weighted by Crippen LogP contribution is 2.21. The predicted octanol–water partition coefficient (Wildman–Crippen LogP) is 2.37. The first-order valence-corrected chi connectivity index (χ1v) is 8.60. The van der Waals surface area contributed by atoms with E-state index < -0.39 is 0 Å². The van der Waals surface area contributed by atoms with Crippen molar-refractivity contribution in [2.75, 3.05) is 18.4 Å². The van der Waals surface area contributed by atoms with Crippen LogP contribution in [-0.4, -0.2) is 34.0 Å². The summed E-state index contributed by atoms with van der Waals surface area (Å²) >= 11 is 0. The lowest BCUT2D eigenvalue weighted by atomic mass is 9.97. The van der Waals surface area contributed by atoms with Gasteiger partial charge in [0.05, 0.1) is 11.2 Å². The minimum Gasteiger partial charge on any atom is -0.320 e. The summed E-state index contributed by atoms with van der Waals surface area (Å²) in [5.74, 6) is 0.538. The first kappa shape index (κ1) is 15.8. The highest BCUT2D eigenvalue weighted by Gasteiger charge is 2.16. The van der Waals surface area contributed by atoms with Crippen molar-refractivity contribution in [1.29, 1.82) is 0 Å². The summed E-state index contributed by atoms with van der Waals surface area (Å²) < 4.78 is 1.70. The zero-order valence-electron chi connectivity index (χ0n) is 14.2. The Morgan fingerprint density at radius 1 is 1.32 bits per heavy atom. The Bertz CT molecular complexity index is 911. The molecule has 0 radical (unpaired) electrons. The third-order valence-electron chi connectivity index (χ3n) is 4.77. The second kappa shape index (κ2) is 6.64. The molecule has 6 heteroatoms. The molecule has 0 spiro atoms. The van der Waals surface area contributed by atoms with Crippen molar-refractivity contribution in [1.82, 2.24) is 20.3 Å². The van der Waals surface area contributed by atoms with Gasteiger partial charge in [-0.25, -0.2) is 4.68 Å². The number of carbonyl (C=O) groups excluding carboxylic acids is 1. The molecule has 3 aromatic rings. The maximum Gasteiger partial charge on any atom is 0.255 e. The summed E-state index contributed by atoms with van der Waals surface area (Å²) in [5.41, 5.74) is 4.15. The second-order valence-corrected chi connectivity index (χ2v) is 6.60. The fraction of sp³-hybridized carbons (Fsp3) is 0.316. The van der Waals surface area contributed by atoms with Crippen molar-refractivity contribution in [3.63, 3.8) is 0 Å². The third-order valence-corrected chi connectivity index (χ3v) is 4.77. The summed E-state index contributed by atoms with van der Waals surface area (Å²) in [6.45, 7) is 2.15. The molecule has 2 aromatic carbocycles. The lowest BCUT2D eigenvalue weighted by Crippen LogP contribution is -2.14. The summed E-state index contributed by atoms with van der Waals surface area (Å²) in [6, 6.07) is 13.6. The van der Waals surface area contributed by atoms with Gasteiger partial charge in [-0.1, -0.05) is 23.4 Å². The topological polar surface area (TPSA) is 71.8 Å². The number of hydrogen-bond donors (Lipinski definition) is 2. The molecule has 1 fully saturated rings. The fourth-order valence-corrected chi connectivity index (χ4v) is 3.41. The van der Waals surface area contributed by atoms with Crippen molar-refractivity contribution < 1.29 is 4.79 Å². The standard InChI is InChI=1S/C19H21N5O/c1-24-17-7-3-6-16(18(17)22-23-24)21-19(25)15-5-2-4-13(11-15)10-14-8-9-20-12-14/h2-7,11,14,20H,8-10,12H2,1H3,(H,21,25). The normalized spacial score (nSPS) is 17.1. The lowest BCUT2D eigenvalue weighted by molar-refractivity contribution is 0.102. The Labute approximate surface area is 146 Å². The molecule has 1 aliphatic heterocycles. The van der Waals surface area contributed by atoms with Gasteiger partial charge in [0.1, 0.15) is 5.52 Å². The van der Waals surface area contributed by atoms with Gasteiger partial charge in [-0.15, -0.1) is 5.10 Å². The predicted molar refractivity (Wildman–Crippen MR) is 97.6 cm³/mol. The minimum absolute atomic E-state index is 0.121. The summed E-state index contributed by atoms with van der Waals surface area (Å²) in [5, 5.41) is 14.5. The number of rotatable bonds is 4. The third kappa shape index (κ3) is 3.25. The molecule has 1 aromatic heterocycles. The average Bonchev–Trinajstić information content (AvgIpc) is 3.26. The van der Waals surface area contributed by atoms with Crippen LogP contribution < -0.4 is 10.6 Å². The van der Waals surface area contributed by atoms with Crippen LogP contribution in [0.25, 0.3) is 11.0 Å². The SMILES string of the molecule is Cn1nnc2c(NC(=O)c3cccc(CC4CCNC4)c3)cccc21. The van der Waals surface area contributed by atoms with Gasteiger partial charge >= 0.3 is 0 Å². The van der Waals surface area contributed by atoms with Gasteiger partial charge in [-0.2, -0.15) is 0 Å². The van der Waals surface area contributed by atoms with Crippen LogP contribution in [0.4, 0.5) is 5.69 Å². The Morgan fingerprint density at radius 3 is 3.04 bits per heavy atom. The van der Waals surface area contributed by atoms with Gasteiger partial charge in [-0.05, 0) is 61.7 Å². The molecule has 1 aliphatic rings. The van der Waals surface area contributed by atoms with Crippen molar-refractivity contribution in [3.8, 4) is 0 Å². The molecule has 25 heavy (non-hydrogen) atoms. The molecule has 1 saturated heterocycles. The first-order chi connectivity index (χ1) is 12.2. The number of amides is 1. The molecule has 0 aliphatic carbocycles. The number of benzene rings is 2. The number of anilines is 1. The van der Waals surface area contributed by atoms with Crippen molar-refractivity contribution in [3.05, 3.63) is 53.6 Å². The van der Waals surface area contributed by atoms with Crippen LogP contribution in [0.5, 0.6) is 0 Å². The van der Waals surface area contributed by atoms with Crippen molar-refractivity contribution in [2.45, 2.75) is 12.8 Å². The van der Waals surface area contributed by atoms with E-state index in [1.807, 2.05) is 43.4 Å². The van der Waals surface area contributed by atoms with E-state index in [9.17, 15) is 4.79 Å². The Kier molecular flexibility index (Phi) is 4.19. The van der Waals surface area contributed by atoms with Gasteiger partial charge < -0.3 is 10.6 Å². The number of hydrogen-bond acceptors (Lipinski definition) is 4. The largest absolute Gasteiger partial charge is 0.320 e. The zero-order valence-corrected chi connectivity index (χ0v) is 14.2. The Morgan fingerprint density at radius 2 is 2.20 bits per heavy atom. The monoisotopic (exact) mass is 335 g/mol. The number of fused-ring (bicyclic) bond motifs is 1. The van der Waals surface area contributed by atoms with E-state index >= 15 is 0 Å². The van der Waals surface area contributed by atoms with E-state index in [1.165, 1.54) is 12.0 Å². The van der Waals surface area contributed by atoms with Crippen LogP contribution in [0.2, 0.25) is 0 Å². The van der Waals surface area contributed by atoms with Gasteiger partial charge in [-0.3, -0.25) is 4.79 Å². The van der Waals surface area contributed by atoms with Gasteiger partial charge in [0, 0.05) is 12.6 Å². The maximum atomic E-state index is 12.7. The molecule has 6 nitrogen and oxygen atoms in total. The maximum absolute atomic E-state index is 12.7. The minimum atomic E-state index is -0.121. The Hall–Kier alpha value is -2.73. The number of carbonyl (C=O) groups is 1. The molecular weight excluding hydrogens is 314 g/mol. The highest BCUT2D eigenvalue weighted by molar-refractivity contribution is 6.08. The average molecular weight is 335 g/mol. The fourth-order valence-electron chi connectivity index (χ4n) is 3.41. The van der Waals surface area contributed by atoms with Crippen molar-refractivity contribution >= 4 is 22.6 Å². The molecule has 1 amide bonds. The Balaban J connectivity index is 1.54. The molecule has 1 atom stereocenters. The number of nitrogens with zero attached hydrogens (tertiary/aromatic N) is 3. The molecule has 0 bridgehead atoms. The second-order valence-electron chi connectivity index (χ2n) is 6.60. The van der Waals surface area contributed by atoms with E-state index in [4.69, 9.17) is 0 Å².